The Hall–Kier alpha value is -0.570. The fourth-order valence-corrected chi connectivity index (χ4v) is 2.55. The van der Waals surface area contributed by atoms with E-state index in [0.29, 0.717) is 0 Å². The molecule has 0 heterocycles. The highest BCUT2D eigenvalue weighted by Gasteiger charge is 2.13. The van der Waals surface area contributed by atoms with Crippen LogP contribution in [-0.4, -0.2) is 20.2 Å². The second kappa shape index (κ2) is 11.1. The molecule has 1 rings (SSSR count). The van der Waals surface area contributed by atoms with Gasteiger partial charge in [-0.15, -0.1) is 0 Å². The van der Waals surface area contributed by atoms with Crippen molar-refractivity contribution in [3.8, 4) is 0 Å². The molecule has 20 heavy (non-hydrogen) atoms. The lowest BCUT2D eigenvalue weighted by molar-refractivity contribution is 0.0512. The number of halogens is 1. The van der Waals surface area contributed by atoms with Crippen LogP contribution in [0.5, 0.6) is 0 Å². The maximum atomic E-state index is 6.24. The molecule has 0 saturated carbocycles. The van der Waals surface area contributed by atoms with Crippen molar-refractivity contribution < 1.29 is 4.74 Å². The van der Waals surface area contributed by atoms with Gasteiger partial charge < -0.3 is 10.1 Å². The average Bonchev–Trinajstić information content (AvgIpc) is 2.46. The van der Waals surface area contributed by atoms with Gasteiger partial charge in [0.05, 0.1) is 6.10 Å². The standard InChI is InChI=1S/C17H28ClNO/c1-3-4-5-6-7-10-13-20-17(14-19-2)15-11-8-9-12-16(15)18/h8-9,11-12,17,19H,3-7,10,13-14H2,1-2H3. The van der Waals surface area contributed by atoms with Gasteiger partial charge in [-0.05, 0) is 19.5 Å². The number of likely N-dealkylation sites (N-methyl/N-ethyl adjacent to an activating group) is 1. The van der Waals surface area contributed by atoms with E-state index in [1.807, 2.05) is 31.3 Å². The number of benzene rings is 1. The van der Waals surface area contributed by atoms with Gasteiger partial charge >= 0.3 is 0 Å². The smallest absolute Gasteiger partial charge is 0.0963 e. The third-order valence-corrected chi connectivity index (χ3v) is 3.80. The summed E-state index contributed by atoms with van der Waals surface area (Å²) in [5.41, 5.74) is 1.08. The van der Waals surface area contributed by atoms with Gasteiger partial charge in [0.1, 0.15) is 0 Å². The summed E-state index contributed by atoms with van der Waals surface area (Å²) >= 11 is 6.24. The SMILES string of the molecule is CCCCCCCCOC(CNC)c1ccccc1Cl. The van der Waals surface area contributed by atoms with Crippen molar-refractivity contribution in [1.29, 1.82) is 0 Å². The van der Waals surface area contributed by atoms with Crippen molar-refractivity contribution in [2.75, 3.05) is 20.2 Å². The van der Waals surface area contributed by atoms with Crippen LogP contribution in [0, 0.1) is 0 Å². The molecule has 1 unspecified atom stereocenters. The molecule has 0 aliphatic heterocycles. The van der Waals surface area contributed by atoms with Crippen molar-refractivity contribution in [3.05, 3.63) is 34.9 Å². The largest absolute Gasteiger partial charge is 0.372 e. The van der Waals surface area contributed by atoms with Crippen molar-refractivity contribution >= 4 is 11.6 Å². The topological polar surface area (TPSA) is 21.3 Å². The zero-order valence-electron chi connectivity index (χ0n) is 12.8. The van der Waals surface area contributed by atoms with Gasteiger partial charge in [0.25, 0.3) is 0 Å². The Kier molecular flexibility index (Phi) is 9.73. The molecule has 2 nitrogen and oxygen atoms in total. The summed E-state index contributed by atoms with van der Waals surface area (Å²) in [6, 6.07) is 7.94. The van der Waals surface area contributed by atoms with E-state index in [4.69, 9.17) is 16.3 Å². The van der Waals surface area contributed by atoms with Crippen LogP contribution in [0.15, 0.2) is 24.3 Å². The van der Waals surface area contributed by atoms with Gasteiger partial charge in [-0.3, -0.25) is 0 Å². The molecule has 0 aliphatic carbocycles. The fourth-order valence-electron chi connectivity index (χ4n) is 2.29. The highest BCUT2D eigenvalue weighted by atomic mass is 35.5. The lowest BCUT2D eigenvalue weighted by Gasteiger charge is -2.19. The molecule has 0 amide bonds. The number of hydrogen-bond acceptors (Lipinski definition) is 2. The zero-order valence-corrected chi connectivity index (χ0v) is 13.6. The summed E-state index contributed by atoms with van der Waals surface area (Å²) in [5.74, 6) is 0. The monoisotopic (exact) mass is 297 g/mol. The van der Waals surface area contributed by atoms with Gasteiger partial charge in [-0.2, -0.15) is 0 Å². The molecule has 0 aromatic heterocycles. The molecule has 0 spiro atoms. The summed E-state index contributed by atoms with van der Waals surface area (Å²) in [6.45, 7) is 3.85. The van der Waals surface area contributed by atoms with Crippen LogP contribution >= 0.6 is 11.6 Å². The Labute approximate surface area is 128 Å². The van der Waals surface area contributed by atoms with Crippen molar-refractivity contribution in [1.82, 2.24) is 5.32 Å². The molecule has 0 radical (unpaired) electrons. The van der Waals surface area contributed by atoms with Crippen molar-refractivity contribution in [2.24, 2.45) is 0 Å². The van der Waals surface area contributed by atoms with Gasteiger partial charge in [0, 0.05) is 23.7 Å². The molecule has 1 aromatic rings. The van der Waals surface area contributed by atoms with Gasteiger partial charge in [-0.1, -0.05) is 68.8 Å². The quantitative estimate of drug-likeness (QED) is 0.582. The molecule has 0 bridgehead atoms. The molecule has 114 valence electrons. The van der Waals surface area contributed by atoms with E-state index in [1.165, 1.54) is 32.1 Å². The summed E-state index contributed by atoms with van der Waals surface area (Å²) in [4.78, 5) is 0. The third-order valence-electron chi connectivity index (χ3n) is 3.46. The minimum Gasteiger partial charge on any atom is -0.372 e. The predicted molar refractivity (Wildman–Crippen MR) is 87.4 cm³/mol. The van der Waals surface area contributed by atoms with Crippen LogP contribution in [-0.2, 0) is 4.74 Å². The van der Waals surface area contributed by atoms with Gasteiger partial charge in [-0.25, -0.2) is 0 Å². The van der Waals surface area contributed by atoms with E-state index in [-0.39, 0.29) is 6.10 Å². The Bertz CT molecular complexity index is 357. The molecule has 1 aromatic carbocycles. The first kappa shape index (κ1) is 17.5. The first-order chi connectivity index (χ1) is 9.79. The summed E-state index contributed by atoms with van der Waals surface area (Å²) in [6.07, 6.45) is 7.75. The Morgan fingerprint density at radius 3 is 2.50 bits per heavy atom. The van der Waals surface area contributed by atoms with E-state index in [0.717, 1.165) is 30.2 Å². The van der Waals surface area contributed by atoms with E-state index in [1.54, 1.807) is 0 Å². The van der Waals surface area contributed by atoms with Crippen LogP contribution in [0.25, 0.3) is 0 Å². The number of nitrogens with one attached hydrogen (secondary N) is 1. The second-order valence-corrected chi connectivity index (χ2v) is 5.61. The Morgan fingerprint density at radius 2 is 1.80 bits per heavy atom. The van der Waals surface area contributed by atoms with Crippen molar-refractivity contribution in [3.63, 3.8) is 0 Å². The van der Waals surface area contributed by atoms with E-state index in [9.17, 15) is 0 Å². The van der Waals surface area contributed by atoms with Crippen molar-refractivity contribution in [2.45, 2.75) is 51.6 Å². The van der Waals surface area contributed by atoms with E-state index in [2.05, 4.69) is 12.2 Å². The molecular weight excluding hydrogens is 270 g/mol. The van der Waals surface area contributed by atoms with Crippen LogP contribution in [0.2, 0.25) is 5.02 Å². The van der Waals surface area contributed by atoms with E-state index < -0.39 is 0 Å². The number of rotatable bonds is 11. The summed E-state index contributed by atoms with van der Waals surface area (Å²) < 4.78 is 6.01. The molecular formula is C17H28ClNO. The Balaban J connectivity index is 2.31. The number of ether oxygens (including phenoxy) is 1. The Morgan fingerprint density at radius 1 is 1.10 bits per heavy atom. The maximum Gasteiger partial charge on any atom is 0.0963 e. The van der Waals surface area contributed by atoms with Crippen LogP contribution < -0.4 is 5.32 Å². The average molecular weight is 298 g/mol. The zero-order chi connectivity index (χ0) is 14.6. The van der Waals surface area contributed by atoms with Crippen LogP contribution in [0.1, 0.15) is 57.1 Å². The molecule has 0 aliphatic rings. The summed E-state index contributed by atoms with van der Waals surface area (Å²) in [7, 11) is 1.94. The minimum absolute atomic E-state index is 0.0457. The second-order valence-electron chi connectivity index (χ2n) is 5.21. The lowest BCUT2D eigenvalue weighted by Crippen LogP contribution is -2.20. The van der Waals surface area contributed by atoms with Gasteiger partial charge in [0.2, 0.25) is 0 Å². The van der Waals surface area contributed by atoms with Gasteiger partial charge in [0.15, 0.2) is 0 Å². The first-order valence-electron chi connectivity index (χ1n) is 7.80. The highest BCUT2D eigenvalue weighted by Crippen LogP contribution is 2.25. The molecule has 3 heteroatoms. The first-order valence-corrected chi connectivity index (χ1v) is 8.18. The maximum absolute atomic E-state index is 6.24. The van der Waals surface area contributed by atoms with Crippen LogP contribution in [0.3, 0.4) is 0 Å². The normalized spacial score (nSPS) is 12.6. The molecule has 1 atom stereocenters. The highest BCUT2D eigenvalue weighted by molar-refractivity contribution is 6.31. The fraction of sp³-hybridized carbons (Fsp3) is 0.647. The minimum atomic E-state index is 0.0457. The predicted octanol–water partition coefficient (Wildman–Crippen LogP) is 4.98. The lowest BCUT2D eigenvalue weighted by atomic mass is 10.1. The van der Waals surface area contributed by atoms with Crippen LogP contribution in [0.4, 0.5) is 0 Å². The molecule has 0 fully saturated rings. The molecule has 0 saturated heterocycles. The molecule has 1 N–H and O–H groups in total. The van der Waals surface area contributed by atoms with E-state index >= 15 is 0 Å². The summed E-state index contributed by atoms with van der Waals surface area (Å²) in [5, 5.41) is 3.97. The third kappa shape index (κ3) is 6.74. The number of unbranched alkanes of at least 4 members (excludes halogenated alkanes) is 5. The number of hydrogen-bond donors (Lipinski definition) is 1.